The lowest BCUT2D eigenvalue weighted by molar-refractivity contribution is 0.0553. The summed E-state index contributed by atoms with van der Waals surface area (Å²) in [5, 5.41) is 3.89. The van der Waals surface area contributed by atoms with Crippen LogP contribution in [-0.2, 0) is 6.42 Å². The number of nitrogen functional groups attached to an aromatic ring is 1. The van der Waals surface area contributed by atoms with Crippen molar-refractivity contribution in [1.82, 2.24) is 20.2 Å². The normalized spacial score (nSPS) is 32.9. The lowest BCUT2D eigenvalue weighted by Crippen LogP contribution is -2.58. The minimum Gasteiger partial charge on any atom is -0.369 e. The summed E-state index contributed by atoms with van der Waals surface area (Å²) in [4.78, 5) is 34.0. The molecule has 1 aromatic carbocycles. The highest BCUT2D eigenvalue weighted by Gasteiger charge is 2.61. The Hall–Kier alpha value is -2.67. The summed E-state index contributed by atoms with van der Waals surface area (Å²) >= 11 is 0. The molecule has 152 valence electrons. The standard InChI is InChI=1S/C22H27N5O2/c1-22-12-16-14(10-13-6-3-2-4-7-13)24-17(22)8-5-9-18(22)27(16)20(29)15-11-19(28)26-21(23)25-15/h2-4,6-7,11,14,16-18,24H,5,8-10,12H2,1H3,(H3,23,25,26,28)/t14-,16+,17-,18+,22-/m1/s1. The van der Waals surface area contributed by atoms with Crippen molar-refractivity contribution in [2.24, 2.45) is 5.41 Å². The summed E-state index contributed by atoms with van der Waals surface area (Å²) in [7, 11) is 0. The molecular formula is C22H27N5O2. The van der Waals surface area contributed by atoms with E-state index in [1.165, 1.54) is 11.6 Å². The van der Waals surface area contributed by atoms with Gasteiger partial charge in [-0.3, -0.25) is 14.6 Å². The Labute approximate surface area is 169 Å². The topological polar surface area (TPSA) is 104 Å². The smallest absolute Gasteiger partial charge is 0.273 e. The Morgan fingerprint density at radius 3 is 2.86 bits per heavy atom. The van der Waals surface area contributed by atoms with E-state index < -0.39 is 5.56 Å². The quantitative estimate of drug-likeness (QED) is 0.736. The number of piperidine rings is 1. The number of likely N-dealkylation sites (tertiary alicyclic amines) is 1. The van der Waals surface area contributed by atoms with Crippen LogP contribution >= 0.6 is 0 Å². The number of aromatic nitrogens is 2. The predicted molar refractivity (Wildman–Crippen MR) is 110 cm³/mol. The summed E-state index contributed by atoms with van der Waals surface area (Å²) in [5.74, 6) is -0.196. The fourth-order valence-corrected chi connectivity index (χ4v) is 5.98. The maximum absolute atomic E-state index is 13.6. The summed E-state index contributed by atoms with van der Waals surface area (Å²) in [6.07, 6.45) is 5.09. The molecule has 0 spiro atoms. The van der Waals surface area contributed by atoms with Gasteiger partial charge in [0.15, 0.2) is 0 Å². The van der Waals surface area contributed by atoms with E-state index in [0.29, 0.717) is 6.04 Å². The van der Waals surface area contributed by atoms with Gasteiger partial charge in [-0.25, -0.2) is 4.98 Å². The number of carbonyl (C=O) groups is 1. The van der Waals surface area contributed by atoms with E-state index in [2.05, 4.69) is 46.5 Å². The van der Waals surface area contributed by atoms with Gasteiger partial charge < -0.3 is 16.0 Å². The first-order valence-electron chi connectivity index (χ1n) is 10.5. The second-order valence-electron chi connectivity index (χ2n) is 8.97. The Balaban J connectivity index is 1.53. The molecule has 5 rings (SSSR count). The molecule has 1 amide bonds. The van der Waals surface area contributed by atoms with Crippen molar-refractivity contribution < 1.29 is 4.79 Å². The number of hydrogen-bond acceptors (Lipinski definition) is 5. The van der Waals surface area contributed by atoms with Gasteiger partial charge in [0.1, 0.15) is 5.69 Å². The van der Waals surface area contributed by atoms with Crippen LogP contribution in [0.3, 0.4) is 0 Å². The molecule has 7 heteroatoms. The van der Waals surface area contributed by atoms with E-state index in [1.54, 1.807) is 0 Å². The van der Waals surface area contributed by atoms with Crippen LogP contribution in [0.15, 0.2) is 41.2 Å². The number of amides is 1. The lowest BCUT2D eigenvalue weighted by Gasteiger charge is -2.46. The molecule has 2 aromatic rings. The molecule has 29 heavy (non-hydrogen) atoms. The first kappa shape index (κ1) is 18.4. The monoisotopic (exact) mass is 393 g/mol. The maximum atomic E-state index is 13.6. The van der Waals surface area contributed by atoms with Crippen molar-refractivity contribution in [3.05, 3.63) is 58.0 Å². The van der Waals surface area contributed by atoms with E-state index >= 15 is 0 Å². The lowest BCUT2D eigenvalue weighted by atomic mass is 9.65. The molecule has 0 unspecified atom stereocenters. The zero-order valence-corrected chi connectivity index (χ0v) is 16.6. The molecule has 1 aromatic heterocycles. The third-order valence-corrected chi connectivity index (χ3v) is 7.26. The van der Waals surface area contributed by atoms with Crippen molar-refractivity contribution in [3.63, 3.8) is 0 Å². The van der Waals surface area contributed by atoms with E-state index in [9.17, 15) is 9.59 Å². The molecule has 1 saturated carbocycles. The van der Waals surface area contributed by atoms with Crippen LogP contribution in [0.4, 0.5) is 5.95 Å². The zero-order chi connectivity index (χ0) is 20.2. The average Bonchev–Trinajstić information content (AvgIpc) is 3.00. The van der Waals surface area contributed by atoms with Crippen LogP contribution in [0.2, 0.25) is 0 Å². The Kier molecular flexibility index (Phi) is 4.24. The van der Waals surface area contributed by atoms with E-state index in [1.807, 2.05) is 11.0 Å². The molecule has 3 fully saturated rings. The Bertz CT molecular complexity index is 990. The molecule has 1 aliphatic carbocycles. The molecule has 5 atom stereocenters. The number of aromatic amines is 1. The van der Waals surface area contributed by atoms with Crippen LogP contribution in [0, 0.1) is 5.41 Å². The molecule has 4 N–H and O–H groups in total. The van der Waals surface area contributed by atoms with Gasteiger partial charge in [0.25, 0.3) is 11.5 Å². The maximum Gasteiger partial charge on any atom is 0.273 e. The number of nitrogens with zero attached hydrogens (tertiary/aromatic N) is 2. The number of fused-ring (bicyclic) bond motifs is 1. The van der Waals surface area contributed by atoms with Crippen molar-refractivity contribution >= 4 is 11.9 Å². The first-order valence-corrected chi connectivity index (χ1v) is 10.5. The molecule has 3 heterocycles. The molecule has 2 saturated heterocycles. The molecule has 3 aliphatic rings. The fraction of sp³-hybridized carbons (Fsp3) is 0.500. The van der Waals surface area contributed by atoms with Crippen LogP contribution in [-0.4, -0.2) is 44.9 Å². The van der Waals surface area contributed by atoms with Crippen LogP contribution < -0.4 is 16.6 Å². The van der Waals surface area contributed by atoms with Crippen molar-refractivity contribution in [2.45, 2.75) is 63.2 Å². The Morgan fingerprint density at radius 1 is 1.31 bits per heavy atom. The fourth-order valence-electron chi connectivity index (χ4n) is 5.98. The second-order valence-corrected chi connectivity index (χ2v) is 8.97. The van der Waals surface area contributed by atoms with Gasteiger partial charge in [-0.15, -0.1) is 0 Å². The highest BCUT2D eigenvalue weighted by molar-refractivity contribution is 5.93. The number of benzene rings is 1. The minimum absolute atomic E-state index is 0.0188. The highest BCUT2D eigenvalue weighted by atomic mass is 16.2. The number of anilines is 1. The SMILES string of the molecule is C[C@@]12C[C@H]3[C@@H](Cc4ccccc4)N[C@@H]1CCC[C@@H]2N3C(=O)c1cc(=O)[nH]c(N)n1. The molecule has 7 nitrogen and oxygen atoms in total. The van der Waals surface area contributed by atoms with Crippen molar-refractivity contribution in [1.29, 1.82) is 0 Å². The first-order chi connectivity index (χ1) is 14.0. The summed E-state index contributed by atoms with van der Waals surface area (Å²) in [6.45, 7) is 2.31. The molecular weight excluding hydrogens is 366 g/mol. The van der Waals surface area contributed by atoms with Crippen LogP contribution in [0.25, 0.3) is 0 Å². The largest absolute Gasteiger partial charge is 0.369 e. The third kappa shape index (κ3) is 2.95. The summed E-state index contributed by atoms with van der Waals surface area (Å²) < 4.78 is 0. The second kappa shape index (κ2) is 6.69. The number of nitrogens with two attached hydrogens (primary N) is 1. The molecule has 2 aliphatic heterocycles. The van der Waals surface area contributed by atoms with Gasteiger partial charge >= 0.3 is 0 Å². The van der Waals surface area contributed by atoms with Crippen molar-refractivity contribution in [2.75, 3.05) is 5.73 Å². The third-order valence-electron chi connectivity index (χ3n) is 7.26. The van der Waals surface area contributed by atoms with Gasteiger partial charge in [-0.2, -0.15) is 0 Å². The van der Waals surface area contributed by atoms with Gasteiger partial charge in [0.05, 0.1) is 0 Å². The van der Waals surface area contributed by atoms with E-state index in [0.717, 1.165) is 32.1 Å². The number of rotatable bonds is 3. The summed E-state index contributed by atoms with van der Waals surface area (Å²) in [6, 6.07) is 12.5. The summed E-state index contributed by atoms with van der Waals surface area (Å²) in [5.41, 5.74) is 6.78. The van der Waals surface area contributed by atoms with Crippen molar-refractivity contribution in [3.8, 4) is 0 Å². The molecule has 2 bridgehead atoms. The van der Waals surface area contributed by atoms with Gasteiger partial charge in [-0.1, -0.05) is 37.3 Å². The molecule has 0 radical (unpaired) electrons. The average molecular weight is 393 g/mol. The van der Waals surface area contributed by atoms with Crippen LogP contribution in [0.1, 0.15) is 48.7 Å². The van der Waals surface area contributed by atoms with Gasteiger partial charge in [-0.05, 0) is 37.7 Å². The highest BCUT2D eigenvalue weighted by Crippen LogP contribution is 2.53. The zero-order valence-electron chi connectivity index (χ0n) is 16.6. The van der Waals surface area contributed by atoms with Gasteiger partial charge in [0.2, 0.25) is 5.95 Å². The predicted octanol–water partition coefficient (Wildman–Crippen LogP) is 1.71. The van der Waals surface area contributed by atoms with E-state index in [4.69, 9.17) is 5.73 Å². The number of hydrogen-bond donors (Lipinski definition) is 3. The van der Waals surface area contributed by atoms with Crippen LogP contribution in [0.5, 0.6) is 0 Å². The number of carbonyl (C=O) groups excluding carboxylic acids is 1. The van der Waals surface area contributed by atoms with Gasteiger partial charge in [0, 0.05) is 35.6 Å². The Morgan fingerprint density at radius 2 is 2.10 bits per heavy atom. The van der Waals surface area contributed by atoms with E-state index in [-0.39, 0.29) is 41.1 Å². The number of nitrogens with one attached hydrogen (secondary N) is 2. The number of H-pyrrole nitrogens is 1. The minimum atomic E-state index is -0.394.